The molecule has 0 aromatic heterocycles. The van der Waals surface area contributed by atoms with E-state index in [-0.39, 0.29) is 0 Å². The number of anilines is 2. The number of nitrogen functional groups attached to an aromatic ring is 1. The van der Waals surface area contributed by atoms with Gasteiger partial charge in [0.25, 0.3) is 0 Å². The summed E-state index contributed by atoms with van der Waals surface area (Å²) in [5.74, 6) is 1.84. The Morgan fingerprint density at radius 3 is 1.25 bits per heavy atom. The largest absolute Gasteiger partial charge is 0.398 e. The van der Waals surface area contributed by atoms with Gasteiger partial charge < -0.3 is 11.1 Å². The summed E-state index contributed by atoms with van der Waals surface area (Å²) >= 11 is 0. The maximum absolute atomic E-state index is 6.50. The van der Waals surface area contributed by atoms with E-state index in [1.165, 1.54) is 39.1 Å². The lowest BCUT2D eigenvalue weighted by atomic mass is 9.86. The molecule has 2 aromatic rings. The first kappa shape index (κ1) is 22.3. The van der Waals surface area contributed by atoms with E-state index >= 15 is 0 Å². The average Bonchev–Trinajstić information content (AvgIpc) is 2.61. The first-order valence-corrected chi connectivity index (χ1v) is 10.8. The van der Waals surface area contributed by atoms with Gasteiger partial charge in [0, 0.05) is 18.4 Å². The Morgan fingerprint density at radius 1 is 0.643 bits per heavy atom. The second-order valence-corrected chi connectivity index (χ2v) is 9.38. The van der Waals surface area contributed by atoms with Crippen molar-refractivity contribution in [2.75, 3.05) is 18.1 Å². The van der Waals surface area contributed by atoms with Gasteiger partial charge in [-0.05, 0) is 63.5 Å². The predicted octanol–water partition coefficient (Wildman–Crippen LogP) is 7.39. The molecule has 0 aliphatic heterocycles. The highest BCUT2D eigenvalue weighted by Crippen LogP contribution is 2.36. The lowest BCUT2D eigenvalue weighted by molar-refractivity contribution is 0.827. The average molecular weight is 381 g/mol. The monoisotopic (exact) mass is 380 g/mol. The van der Waals surface area contributed by atoms with E-state index in [9.17, 15) is 0 Å². The van der Waals surface area contributed by atoms with Gasteiger partial charge in [0.05, 0.1) is 0 Å². The van der Waals surface area contributed by atoms with Crippen molar-refractivity contribution < 1.29 is 0 Å². The lowest BCUT2D eigenvalue weighted by Crippen LogP contribution is -2.07. The molecule has 154 valence electrons. The summed E-state index contributed by atoms with van der Waals surface area (Å²) in [6.45, 7) is 18.0. The Bertz CT molecular complexity index is 755. The fraction of sp³-hybridized carbons (Fsp3) is 0.538. The Kier molecular flexibility index (Phi) is 7.20. The van der Waals surface area contributed by atoms with E-state index in [1.54, 1.807) is 0 Å². The third-order valence-corrected chi connectivity index (χ3v) is 5.71. The first-order valence-electron chi connectivity index (χ1n) is 10.8. The van der Waals surface area contributed by atoms with Gasteiger partial charge in [-0.25, -0.2) is 0 Å². The minimum atomic E-state index is 0.432. The van der Waals surface area contributed by atoms with Crippen LogP contribution in [0.1, 0.15) is 112 Å². The number of benzene rings is 2. The van der Waals surface area contributed by atoms with Crippen molar-refractivity contribution in [1.29, 1.82) is 0 Å². The Morgan fingerprint density at radius 2 is 0.964 bits per heavy atom. The van der Waals surface area contributed by atoms with E-state index in [0.717, 1.165) is 12.1 Å². The fourth-order valence-corrected chi connectivity index (χ4v) is 4.11. The smallest absolute Gasteiger partial charge is 0.0408 e. The van der Waals surface area contributed by atoms with Crippen molar-refractivity contribution in [2.45, 2.75) is 85.5 Å². The summed E-state index contributed by atoms with van der Waals surface area (Å²) < 4.78 is 0. The van der Waals surface area contributed by atoms with Crippen LogP contribution in [-0.2, 0) is 6.42 Å². The van der Waals surface area contributed by atoms with Crippen LogP contribution in [0.4, 0.5) is 11.4 Å². The number of hydrogen-bond acceptors (Lipinski definition) is 2. The quantitative estimate of drug-likeness (QED) is 0.491. The molecule has 0 atom stereocenters. The summed E-state index contributed by atoms with van der Waals surface area (Å²) in [4.78, 5) is 0. The molecule has 0 saturated carbocycles. The van der Waals surface area contributed by atoms with Crippen LogP contribution in [0, 0.1) is 0 Å². The van der Waals surface area contributed by atoms with Gasteiger partial charge in [-0.3, -0.25) is 0 Å². The molecule has 0 heterocycles. The molecule has 2 aromatic carbocycles. The van der Waals surface area contributed by atoms with E-state index in [0.29, 0.717) is 23.7 Å². The van der Waals surface area contributed by atoms with Gasteiger partial charge in [-0.1, -0.05) is 79.7 Å². The van der Waals surface area contributed by atoms with Gasteiger partial charge in [0.1, 0.15) is 0 Å². The zero-order chi connectivity index (χ0) is 21.2. The number of nitrogens with one attached hydrogen (secondary N) is 1. The highest BCUT2D eigenvalue weighted by Gasteiger charge is 2.17. The molecule has 0 bridgehead atoms. The van der Waals surface area contributed by atoms with Crippen molar-refractivity contribution in [3.05, 3.63) is 57.6 Å². The van der Waals surface area contributed by atoms with E-state index < -0.39 is 0 Å². The van der Waals surface area contributed by atoms with Gasteiger partial charge in [0.15, 0.2) is 0 Å². The van der Waals surface area contributed by atoms with Crippen LogP contribution in [-0.4, -0.2) is 7.05 Å². The van der Waals surface area contributed by atoms with Crippen molar-refractivity contribution in [1.82, 2.24) is 0 Å². The topological polar surface area (TPSA) is 38.0 Å². The minimum absolute atomic E-state index is 0.432. The molecule has 0 spiro atoms. The molecule has 0 amide bonds. The first-order chi connectivity index (χ1) is 13.1. The summed E-state index contributed by atoms with van der Waals surface area (Å²) in [5, 5.41) is 3.46. The maximum Gasteiger partial charge on any atom is 0.0408 e. The standard InChI is InChI=1S/C26H40N2/c1-15(2)21-11-19(12-22(16(3)4)25(21)27)10-20-13-23(17(5)6)26(28-9)24(14-20)18(7)8/h11-18,28H,10,27H2,1-9H3. The molecular weight excluding hydrogens is 340 g/mol. The summed E-state index contributed by atoms with van der Waals surface area (Å²) in [6.07, 6.45) is 0.948. The van der Waals surface area contributed by atoms with Crippen molar-refractivity contribution in [3.8, 4) is 0 Å². The maximum atomic E-state index is 6.50. The van der Waals surface area contributed by atoms with E-state index in [4.69, 9.17) is 5.73 Å². The molecular formula is C26H40N2. The second kappa shape index (κ2) is 9.03. The van der Waals surface area contributed by atoms with Gasteiger partial charge >= 0.3 is 0 Å². The third kappa shape index (κ3) is 4.71. The Labute approximate surface area is 172 Å². The summed E-state index contributed by atoms with van der Waals surface area (Å²) in [5.41, 5.74) is 16.9. The molecule has 0 saturated heterocycles. The molecule has 3 N–H and O–H groups in total. The van der Waals surface area contributed by atoms with Crippen LogP contribution in [0.3, 0.4) is 0 Å². The van der Waals surface area contributed by atoms with Crippen LogP contribution in [0.15, 0.2) is 24.3 Å². The molecule has 2 heteroatoms. The predicted molar refractivity (Wildman–Crippen MR) is 126 cm³/mol. The Hall–Kier alpha value is -1.96. The third-order valence-electron chi connectivity index (χ3n) is 5.71. The van der Waals surface area contributed by atoms with E-state index in [1.807, 2.05) is 7.05 Å². The molecule has 0 aliphatic carbocycles. The normalized spacial score (nSPS) is 11.9. The SMILES string of the molecule is CNc1c(C(C)C)cc(Cc2cc(C(C)C)c(N)c(C(C)C)c2)cc1C(C)C. The van der Waals surface area contributed by atoms with Crippen molar-refractivity contribution >= 4 is 11.4 Å². The summed E-state index contributed by atoms with van der Waals surface area (Å²) in [6, 6.07) is 9.43. The molecule has 0 fully saturated rings. The minimum Gasteiger partial charge on any atom is -0.398 e. The van der Waals surface area contributed by atoms with Gasteiger partial charge in [-0.15, -0.1) is 0 Å². The lowest BCUT2D eigenvalue weighted by Gasteiger charge is -2.22. The van der Waals surface area contributed by atoms with Crippen LogP contribution in [0.25, 0.3) is 0 Å². The number of nitrogens with two attached hydrogens (primary N) is 1. The fourth-order valence-electron chi connectivity index (χ4n) is 4.11. The van der Waals surface area contributed by atoms with Crippen LogP contribution in [0.2, 0.25) is 0 Å². The van der Waals surface area contributed by atoms with Gasteiger partial charge in [-0.2, -0.15) is 0 Å². The number of hydrogen-bond donors (Lipinski definition) is 2. The zero-order valence-corrected chi connectivity index (χ0v) is 19.4. The molecule has 0 aliphatic rings. The van der Waals surface area contributed by atoms with Crippen LogP contribution in [0.5, 0.6) is 0 Å². The van der Waals surface area contributed by atoms with Crippen molar-refractivity contribution in [2.24, 2.45) is 0 Å². The second-order valence-electron chi connectivity index (χ2n) is 9.38. The molecule has 2 rings (SSSR count). The molecule has 2 nitrogen and oxygen atoms in total. The highest BCUT2D eigenvalue weighted by atomic mass is 14.8. The van der Waals surface area contributed by atoms with Crippen molar-refractivity contribution in [3.63, 3.8) is 0 Å². The highest BCUT2D eigenvalue weighted by molar-refractivity contribution is 5.62. The van der Waals surface area contributed by atoms with Crippen LogP contribution >= 0.6 is 0 Å². The zero-order valence-electron chi connectivity index (χ0n) is 19.4. The summed E-state index contributed by atoms with van der Waals surface area (Å²) in [7, 11) is 2.04. The molecule has 0 radical (unpaired) electrons. The van der Waals surface area contributed by atoms with E-state index in [2.05, 4.69) is 85.0 Å². The molecule has 28 heavy (non-hydrogen) atoms. The van der Waals surface area contributed by atoms with Gasteiger partial charge in [0.2, 0.25) is 0 Å². The van der Waals surface area contributed by atoms with Crippen LogP contribution < -0.4 is 11.1 Å². The Balaban J connectivity index is 2.59. The number of rotatable bonds is 7. The molecule has 0 unspecified atom stereocenters.